The fourth-order valence-electron chi connectivity index (χ4n) is 3.80. The summed E-state index contributed by atoms with van der Waals surface area (Å²) in [5, 5.41) is 0. The van der Waals surface area contributed by atoms with Gasteiger partial charge in [-0.1, -0.05) is 30.2 Å². The molecule has 122 valence electrons. The third-order valence-corrected chi connectivity index (χ3v) is 5.04. The van der Waals surface area contributed by atoms with E-state index in [1.54, 1.807) is 18.4 Å². The molecule has 4 heteroatoms. The van der Waals surface area contributed by atoms with Crippen molar-refractivity contribution in [2.75, 3.05) is 0 Å². The summed E-state index contributed by atoms with van der Waals surface area (Å²) in [5.41, 5.74) is 2.35. The monoisotopic (exact) mass is 313 g/mol. The van der Waals surface area contributed by atoms with Crippen LogP contribution in [-0.4, -0.2) is 16.7 Å². The first-order chi connectivity index (χ1) is 10.9. The maximum Gasteiger partial charge on any atom is 0.234 e. The van der Waals surface area contributed by atoms with Crippen LogP contribution < -0.4 is 0 Å². The van der Waals surface area contributed by atoms with Gasteiger partial charge in [0.05, 0.1) is 24.6 Å². The van der Waals surface area contributed by atoms with Crippen LogP contribution in [0.1, 0.15) is 33.5 Å². The topological polar surface area (TPSA) is 50.5 Å². The fraction of sp³-hybridized carbons (Fsp3) is 0.474. The predicted molar refractivity (Wildman–Crippen MR) is 87.1 cm³/mol. The summed E-state index contributed by atoms with van der Waals surface area (Å²) in [6, 6.07) is 3.57. The number of carbonyl (C=O) groups is 2. The Morgan fingerprint density at radius 1 is 1.26 bits per heavy atom. The summed E-state index contributed by atoms with van der Waals surface area (Å²) >= 11 is 0. The van der Waals surface area contributed by atoms with E-state index in [1.807, 2.05) is 20.8 Å². The van der Waals surface area contributed by atoms with Crippen LogP contribution in [0.5, 0.6) is 0 Å². The third-order valence-electron chi connectivity index (χ3n) is 5.04. The quantitative estimate of drug-likeness (QED) is 0.633. The highest BCUT2D eigenvalue weighted by atomic mass is 16.3. The summed E-state index contributed by atoms with van der Waals surface area (Å²) in [5.74, 6) is 0.0488. The molecule has 0 radical (unpaired) electrons. The lowest BCUT2D eigenvalue weighted by atomic mass is 9.69. The number of likely N-dealkylation sites (tertiary alicyclic amines) is 1. The van der Waals surface area contributed by atoms with Gasteiger partial charge < -0.3 is 4.42 Å². The summed E-state index contributed by atoms with van der Waals surface area (Å²) in [6.07, 6.45) is 5.82. The van der Waals surface area contributed by atoms with Crippen LogP contribution in [0.2, 0.25) is 0 Å². The van der Waals surface area contributed by atoms with Crippen molar-refractivity contribution >= 4 is 11.8 Å². The van der Waals surface area contributed by atoms with E-state index < -0.39 is 0 Å². The van der Waals surface area contributed by atoms with Gasteiger partial charge in [0, 0.05) is 5.92 Å². The fourth-order valence-corrected chi connectivity index (χ4v) is 3.80. The van der Waals surface area contributed by atoms with Crippen molar-refractivity contribution in [3.63, 3.8) is 0 Å². The summed E-state index contributed by atoms with van der Waals surface area (Å²) < 4.78 is 5.31. The van der Waals surface area contributed by atoms with E-state index in [4.69, 9.17) is 4.42 Å². The summed E-state index contributed by atoms with van der Waals surface area (Å²) in [6.45, 7) is 8.38. The zero-order valence-electron chi connectivity index (χ0n) is 14.1. The van der Waals surface area contributed by atoms with Crippen molar-refractivity contribution < 1.29 is 14.0 Å². The molecular weight excluding hydrogens is 290 g/mol. The zero-order valence-corrected chi connectivity index (χ0v) is 14.1. The lowest BCUT2D eigenvalue weighted by molar-refractivity contribution is -0.141. The molecule has 0 saturated carbocycles. The number of carbonyl (C=O) groups excluding carboxylic acids is 2. The van der Waals surface area contributed by atoms with E-state index in [0.717, 1.165) is 5.57 Å². The van der Waals surface area contributed by atoms with E-state index in [-0.39, 0.29) is 42.0 Å². The van der Waals surface area contributed by atoms with E-state index in [1.165, 1.54) is 10.5 Å². The molecule has 0 unspecified atom stereocenters. The Hall–Kier alpha value is -2.10. The average molecular weight is 313 g/mol. The Morgan fingerprint density at radius 3 is 2.57 bits per heavy atom. The molecule has 3 rings (SSSR count). The van der Waals surface area contributed by atoms with Gasteiger partial charge in [-0.05, 0) is 38.8 Å². The molecule has 1 aromatic heterocycles. The first-order valence-corrected chi connectivity index (χ1v) is 8.11. The molecule has 1 aliphatic heterocycles. The molecule has 2 heterocycles. The van der Waals surface area contributed by atoms with E-state index in [0.29, 0.717) is 5.76 Å². The smallest absolute Gasteiger partial charge is 0.234 e. The Kier molecular flexibility index (Phi) is 4.00. The van der Waals surface area contributed by atoms with E-state index >= 15 is 0 Å². The van der Waals surface area contributed by atoms with Crippen LogP contribution in [0.4, 0.5) is 0 Å². The number of allylic oxidation sites excluding steroid dienone is 4. The van der Waals surface area contributed by atoms with Gasteiger partial charge in [0.15, 0.2) is 0 Å². The molecule has 1 saturated heterocycles. The molecule has 0 spiro atoms. The van der Waals surface area contributed by atoms with Crippen LogP contribution in [0.3, 0.4) is 0 Å². The van der Waals surface area contributed by atoms with Gasteiger partial charge in [-0.2, -0.15) is 0 Å². The lowest BCUT2D eigenvalue weighted by Gasteiger charge is -2.32. The van der Waals surface area contributed by atoms with Crippen LogP contribution in [0, 0.1) is 23.7 Å². The highest BCUT2D eigenvalue weighted by Gasteiger charge is 2.54. The second-order valence-electron chi connectivity index (χ2n) is 6.91. The minimum Gasteiger partial charge on any atom is -0.467 e. The van der Waals surface area contributed by atoms with Crippen LogP contribution in [0.15, 0.2) is 46.1 Å². The molecule has 0 aromatic carbocycles. The van der Waals surface area contributed by atoms with Crippen LogP contribution in [-0.2, 0) is 16.1 Å². The van der Waals surface area contributed by atoms with Gasteiger partial charge in [-0.3, -0.25) is 14.5 Å². The molecular formula is C19H23NO3. The second kappa shape index (κ2) is 5.84. The molecule has 4 nitrogen and oxygen atoms in total. The molecule has 2 aliphatic rings. The number of fused-ring (bicyclic) bond motifs is 1. The molecule has 4 atom stereocenters. The van der Waals surface area contributed by atoms with Gasteiger partial charge in [-0.15, -0.1) is 0 Å². The highest BCUT2D eigenvalue weighted by Crippen LogP contribution is 2.45. The maximum absolute atomic E-state index is 12.9. The van der Waals surface area contributed by atoms with Crippen molar-refractivity contribution in [2.45, 2.75) is 34.2 Å². The maximum atomic E-state index is 12.9. The number of hydrogen-bond donors (Lipinski definition) is 0. The Morgan fingerprint density at radius 2 is 1.96 bits per heavy atom. The van der Waals surface area contributed by atoms with Crippen molar-refractivity contribution in [1.82, 2.24) is 4.90 Å². The first kappa shape index (κ1) is 15.8. The minimum atomic E-state index is -0.286. The normalized spacial score (nSPS) is 30.3. The zero-order chi connectivity index (χ0) is 16.7. The van der Waals surface area contributed by atoms with Crippen molar-refractivity contribution in [3.8, 4) is 0 Å². The van der Waals surface area contributed by atoms with Crippen molar-refractivity contribution in [2.24, 2.45) is 23.7 Å². The largest absolute Gasteiger partial charge is 0.467 e. The lowest BCUT2D eigenvalue weighted by Crippen LogP contribution is -2.33. The van der Waals surface area contributed by atoms with Gasteiger partial charge in [0.25, 0.3) is 0 Å². The van der Waals surface area contributed by atoms with Gasteiger partial charge in [0.1, 0.15) is 5.76 Å². The molecule has 1 aliphatic carbocycles. The number of furan rings is 1. The molecule has 1 aromatic rings. The Labute approximate surface area is 136 Å². The van der Waals surface area contributed by atoms with E-state index in [9.17, 15) is 9.59 Å². The number of nitrogens with zero attached hydrogens (tertiary/aromatic N) is 1. The number of amides is 2. The Balaban J connectivity index is 1.96. The van der Waals surface area contributed by atoms with Gasteiger partial charge >= 0.3 is 0 Å². The molecule has 0 bridgehead atoms. The SMILES string of the molecule is CC(C)=C[C@H]1C=C(C)[C@@H](C)[C@@H]2C(=O)N(Cc3ccco3)C(=O)[C@H]12. The average Bonchev–Trinajstić information content (AvgIpc) is 3.06. The first-order valence-electron chi connectivity index (χ1n) is 8.11. The summed E-state index contributed by atoms with van der Waals surface area (Å²) in [4.78, 5) is 27.2. The van der Waals surface area contributed by atoms with Crippen LogP contribution in [0.25, 0.3) is 0 Å². The number of hydrogen-bond acceptors (Lipinski definition) is 3. The third kappa shape index (κ3) is 2.67. The van der Waals surface area contributed by atoms with Crippen molar-refractivity contribution in [1.29, 1.82) is 0 Å². The second-order valence-corrected chi connectivity index (χ2v) is 6.91. The molecule has 23 heavy (non-hydrogen) atoms. The molecule has 0 N–H and O–H groups in total. The summed E-state index contributed by atoms with van der Waals surface area (Å²) in [7, 11) is 0. The molecule has 1 fully saturated rings. The van der Waals surface area contributed by atoms with E-state index in [2.05, 4.69) is 19.1 Å². The number of rotatable bonds is 3. The van der Waals surface area contributed by atoms with Crippen LogP contribution >= 0.6 is 0 Å². The number of imide groups is 1. The van der Waals surface area contributed by atoms with Gasteiger partial charge in [0.2, 0.25) is 11.8 Å². The minimum absolute atomic E-state index is 0.000693. The molecule has 2 amide bonds. The van der Waals surface area contributed by atoms with Crippen molar-refractivity contribution in [3.05, 3.63) is 47.5 Å². The highest BCUT2D eigenvalue weighted by molar-refractivity contribution is 6.06. The Bertz CT molecular complexity index is 679. The standard InChI is InChI=1S/C19H23NO3/c1-11(2)8-14-9-12(3)13(4)16-17(14)19(22)20(18(16)21)10-15-6-5-7-23-15/h5-9,13-14,16-17H,10H2,1-4H3/t13-,14+,16+,17-/m1/s1. The van der Waals surface area contributed by atoms with Gasteiger partial charge in [-0.25, -0.2) is 0 Å². The predicted octanol–water partition coefficient (Wildman–Crippen LogP) is 3.56.